The number of benzene rings is 2. The Morgan fingerprint density at radius 1 is 1.19 bits per heavy atom. The Hall–Kier alpha value is -3.16. The number of ether oxygens (including phenoxy) is 1. The first-order chi connectivity index (χ1) is 15.0. The van der Waals surface area contributed by atoms with Crippen LogP contribution in [-0.4, -0.2) is 36.5 Å². The van der Waals surface area contributed by atoms with Crippen molar-refractivity contribution in [1.29, 1.82) is 0 Å². The molecule has 160 valence electrons. The maximum atomic E-state index is 12.3. The summed E-state index contributed by atoms with van der Waals surface area (Å²) in [6.07, 6.45) is 1.59. The summed E-state index contributed by atoms with van der Waals surface area (Å²) >= 11 is 1.67. The van der Waals surface area contributed by atoms with Crippen molar-refractivity contribution in [3.8, 4) is 16.3 Å². The van der Waals surface area contributed by atoms with Gasteiger partial charge in [-0.2, -0.15) is 0 Å². The van der Waals surface area contributed by atoms with Gasteiger partial charge < -0.3 is 19.4 Å². The van der Waals surface area contributed by atoms with E-state index in [9.17, 15) is 4.79 Å². The predicted octanol–water partition coefficient (Wildman–Crippen LogP) is 4.87. The molecule has 0 aliphatic carbocycles. The van der Waals surface area contributed by atoms with Crippen molar-refractivity contribution in [3.05, 3.63) is 72.2 Å². The van der Waals surface area contributed by atoms with Gasteiger partial charge in [-0.15, -0.1) is 11.3 Å². The van der Waals surface area contributed by atoms with Gasteiger partial charge in [-0.05, 0) is 63.5 Å². The molecule has 1 amide bonds. The molecule has 0 bridgehead atoms. The molecule has 6 nitrogen and oxygen atoms in total. The summed E-state index contributed by atoms with van der Waals surface area (Å²) in [6, 6.07) is 17.6. The second-order valence-electron chi connectivity index (χ2n) is 7.64. The number of carbonyl (C=O) groups excluding carboxylic acids is 1. The fourth-order valence-electron chi connectivity index (χ4n) is 3.35. The number of nitrogens with one attached hydrogen (secondary N) is 1. The van der Waals surface area contributed by atoms with Crippen LogP contribution in [0.5, 0.6) is 5.75 Å². The minimum atomic E-state index is -0.214. The Labute approximate surface area is 185 Å². The van der Waals surface area contributed by atoms with Gasteiger partial charge in [-0.25, -0.2) is 4.98 Å². The van der Waals surface area contributed by atoms with E-state index in [0.717, 1.165) is 26.4 Å². The van der Waals surface area contributed by atoms with Crippen molar-refractivity contribution in [2.45, 2.75) is 19.5 Å². The number of amides is 1. The van der Waals surface area contributed by atoms with Crippen LogP contribution in [-0.2, 0) is 11.3 Å². The van der Waals surface area contributed by atoms with Crippen LogP contribution in [0.2, 0.25) is 0 Å². The van der Waals surface area contributed by atoms with E-state index in [2.05, 4.69) is 22.3 Å². The molecule has 31 heavy (non-hydrogen) atoms. The molecule has 1 N–H and O–H groups in total. The van der Waals surface area contributed by atoms with Gasteiger partial charge in [0, 0.05) is 17.7 Å². The molecule has 2 heterocycles. The van der Waals surface area contributed by atoms with Gasteiger partial charge >= 0.3 is 0 Å². The fraction of sp³-hybridized carbons (Fsp3) is 0.250. The van der Waals surface area contributed by atoms with Gasteiger partial charge in [-0.3, -0.25) is 4.79 Å². The first kappa shape index (κ1) is 21.1. The van der Waals surface area contributed by atoms with Crippen LogP contribution in [0.4, 0.5) is 0 Å². The number of hydrogen-bond acceptors (Lipinski definition) is 6. The molecule has 0 fully saturated rings. The molecule has 0 saturated carbocycles. The summed E-state index contributed by atoms with van der Waals surface area (Å²) < 4.78 is 12.4. The minimum absolute atomic E-state index is 0.0635. The Morgan fingerprint density at radius 3 is 2.77 bits per heavy atom. The molecule has 0 radical (unpaired) electrons. The van der Waals surface area contributed by atoms with E-state index in [4.69, 9.17) is 14.1 Å². The molecule has 1 unspecified atom stereocenters. The van der Waals surface area contributed by atoms with Crippen molar-refractivity contribution in [1.82, 2.24) is 15.2 Å². The van der Waals surface area contributed by atoms with Gasteiger partial charge in [0.15, 0.2) is 6.61 Å². The highest BCUT2D eigenvalue weighted by Gasteiger charge is 2.15. The summed E-state index contributed by atoms with van der Waals surface area (Å²) in [5.74, 6) is 1.20. The maximum Gasteiger partial charge on any atom is 0.258 e. The molecule has 2 aromatic heterocycles. The first-order valence-corrected chi connectivity index (χ1v) is 10.9. The second-order valence-corrected chi connectivity index (χ2v) is 8.67. The van der Waals surface area contributed by atoms with Crippen LogP contribution in [0.1, 0.15) is 24.3 Å². The lowest BCUT2D eigenvalue weighted by Crippen LogP contribution is -2.31. The minimum Gasteiger partial charge on any atom is -0.483 e. The SMILES string of the molecule is CC(NC(=O)COc1ccc(-c2nc3ccccc3s2)cc1CN(C)C)c1ccco1. The Bertz CT molecular complexity index is 1140. The van der Waals surface area contributed by atoms with E-state index in [1.807, 2.05) is 57.4 Å². The lowest BCUT2D eigenvalue weighted by molar-refractivity contribution is -0.123. The third kappa shape index (κ3) is 5.13. The van der Waals surface area contributed by atoms with Crippen LogP contribution in [0, 0.1) is 0 Å². The number of thiazole rings is 1. The smallest absolute Gasteiger partial charge is 0.258 e. The topological polar surface area (TPSA) is 67.6 Å². The molecule has 7 heteroatoms. The zero-order valence-electron chi connectivity index (χ0n) is 17.8. The zero-order chi connectivity index (χ0) is 21.8. The second kappa shape index (κ2) is 9.32. The van der Waals surface area contributed by atoms with Crippen LogP contribution < -0.4 is 10.1 Å². The lowest BCUT2D eigenvalue weighted by Gasteiger charge is -2.17. The third-order valence-electron chi connectivity index (χ3n) is 4.79. The van der Waals surface area contributed by atoms with Gasteiger partial charge in [-0.1, -0.05) is 12.1 Å². The molecular formula is C24H25N3O3S. The number of para-hydroxylation sites is 1. The number of rotatable bonds is 8. The molecule has 0 aliphatic rings. The number of furan rings is 1. The summed E-state index contributed by atoms with van der Waals surface area (Å²) in [4.78, 5) is 19.2. The highest BCUT2D eigenvalue weighted by Crippen LogP contribution is 2.33. The van der Waals surface area contributed by atoms with E-state index in [-0.39, 0.29) is 18.6 Å². The fourth-order valence-corrected chi connectivity index (χ4v) is 4.31. The highest BCUT2D eigenvalue weighted by molar-refractivity contribution is 7.21. The van der Waals surface area contributed by atoms with Gasteiger partial charge in [0.1, 0.15) is 16.5 Å². The average Bonchev–Trinajstić information content (AvgIpc) is 3.42. The van der Waals surface area contributed by atoms with Crippen LogP contribution in [0.15, 0.2) is 65.3 Å². The molecule has 2 aromatic carbocycles. The number of carbonyl (C=O) groups is 1. The summed E-state index contributed by atoms with van der Waals surface area (Å²) in [5, 5.41) is 3.86. The molecule has 4 aromatic rings. The third-order valence-corrected chi connectivity index (χ3v) is 5.88. The van der Waals surface area contributed by atoms with Crippen LogP contribution in [0.3, 0.4) is 0 Å². The predicted molar refractivity (Wildman–Crippen MR) is 123 cm³/mol. The van der Waals surface area contributed by atoms with E-state index < -0.39 is 0 Å². The number of nitrogens with zero attached hydrogens (tertiary/aromatic N) is 2. The van der Waals surface area contributed by atoms with Gasteiger partial charge in [0.2, 0.25) is 0 Å². The van der Waals surface area contributed by atoms with E-state index >= 15 is 0 Å². The summed E-state index contributed by atoms with van der Waals surface area (Å²) in [6.45, 7) is 2.51. The zero-order valence-corrected chi connectivity index (χ0v) is 18.6. The Morgan fingerprint density at radius 2 is 2.03 bits per heavy atom. The number of fused-ring (bicyclic) bond motifs is 1. The first-order valence-electron chi connectivity index (χ1n) is 10.1. The van der Waals surface area contributed by atoms with E-state index in [0.29, 0.717) is 18.1 Å². The average molecular weight is 436 g/mol. The standard InChI is InChI=1S/C24H25N3O3S/c1-16(20-8-6-12-29-20)25-23(28)15-30-21-11-10-17(13-18(21)14-27(2)3)24-26-19-7-4-5-9-22(19)31-24/h4-13,16H,14-15H2,1-3H3,(H,25,28). The van der Waals surface area contributed by atoms with E-state index in [1.54, 1.807) is 23.7 Å². The van der Waals surface area contributed by atoms with E-state index in [1.165, 1.54) is 0 Å². The van der Waals surface area contributed by atoms with Crippen molar-refractivity contribution in [2.24, 2.45) is 0 Å². The van der Waals surface area contributed by atoms with Crippen molar-refractivity contribution in [3.63, 3.8) is 0 Å². The molecular weight excluding hydrogens is 410 g/mol. The normalized spacial score (nSPS) is 12.3. The quantitative estimate of drug-likeness (QED) is 0.427. The lowest BCUT2D eigenvalue weighted by atomic mass is 10.1. The highest BCUT2D eigenvalue weighted by atomic mass is 32.1. The molecule has 0 aliphatic heterocycles. The molecule has 0 saturated heterocycles. The number of aromatic nitrogens is 1. The van der Waals surface area contributed by atoms with Gasteiger partial charge in [0.25, 0.3) is 5.91 Å². The number of hydrogen-bond donors (Lipinski definition) is 1. The van der Waals surface area contributed by atoms with Crippen molar-refractivity contribution in [2.75, 3.05) is 20.7 Å². The van der Waals surface area contributed by atoms with Crippen LogP contribution >= 0.6 is 11.3 Å². The molecule has 1 atom stereocenters. The molecule has 0 spiro atoms. The summed E-state index contributed by atoms with van der Waals surface area (Å²) in [5.41, 5.74) is 3.05. The largest absolute Gasteiger partial charge is 0.483 e. The van der Waals surface area contributed by atoms with Crippen molar-refractivity contribution >= 4 is 27.5 Å². The Balaban J connectivity index is 1.49. The van der Waals surface area contributed by atoms with Gasteiger partial charge in [0.05, 0.1) is 22.5 Å². The van der Waals surface area contributed by atoms with Crippen LogP contribution in [0.25, 0.3) is 20.8 Å². The Kier molecular flexibility index (Phi) is 6.34. The maximum absolute atomic E-state index is 12.3. The monoisotopic (exact) mass is 435 g/mol. The molecule has 4 rings (SSSR count). The van der Waals surface area contributed by atoms with Crippen molar-refractivity contribution < 1.29 is 13.9 Å². The summed E-state index contributed by atoms with van der Waals surface area (Å²) in [7, 11) is 4.01.